The highest BCUT2D eigenvalue weighted by molar-refractivity contribution is 6.51. The Morgan fingerprint density at radius 2 is 2.19 bits per heavy atom. The number of aromatic amines is 1. The van der Waals surface area contributed by atoms with Crippen molar-refractivity contribution >= 4 is 34.8 Å². The summed E-state index contributed by atoms with van der Waals surface area (Å²) in [7, 11) is 0. The van der Waals surface area contributed by atoms with Crippen LogP contribution in [-0.4, -0.2) is 14.7 Å². The van der Waals surface area contributed by atoms with E-state index in [2.05, 4.69) is 4.98 Å². The minimum atomic E-state index is -0.770. The molecule has 1 N–H and O–H groups in total. The van der Waals surface area contributed by atoms with E-state index in [1.54, 1.807) is 12.3 Å². The molecule has 0 aliphatic heterocycles. The molecule has 0 saturated heterocycles. The Hall–Kier alpha value is -0.180. The summed E-state index contributed by atoms with van der Waals surface area (Å²) in [5, 5.41) is -0.0354. The third-order valence-electron chi connectivity index (χ3n) is 4.51. The van der Waals surface area contributed by atoms with Crippen molar-refractivity contribution in [3.8, 4) is 0 Å². The summed E-state index contributed by atoms with van der Waals surface area (Å²) in [4.78, 5) is 15.0. The largest absolute Gasteiger partial charge is 0.364 e. The number of rotatable bonds is 0. The molecule has 0 unspecified atom stereocenters. The van der Waals surface area contributed by atoms with Crippen molar-refractivity contribution in [1.82, 2.24) is 4.98 Å². The molecule has 0 bridgehead atoms. The van der Waals surface area contributed by atoms with Gasteiger partial charge in [0.05, 0.1) is 5.38 Å². The Balaban J connectivity index is 1.99. The van der Waals surface area contributed by atoms with Crippen LogP contribution in [0.5, 0.6) is 0 Å². The average molecular weight is 277 g/mol. The summed E-state index contributed by atoms with van der Waals surface area (Å²) in [6.45, 7) is 0. The Labute approximate surface area is 107 Å². The van der Waals surface area contributed by atoms with E-state index in [1.807, 2.05) is 0 Å². The number of fused-ring (bicyclic) bond motifs is 3. The number of aromatic nitrogens is 1. The maximum atomic E-state index is 11.8. The number of hydrogen-bond acceptors (Lipinski definition) is 1. The summed E-state index contributed by atoms with van der Waals surface area (Å²) in [5.41, 5.74) is 1.62. The number of pyridine rings is 1. The molecule has 16 heavy (non-hydrogen) atoms. The van der Waals surface area contributed by atoms with Crippen LogP contribution in [0.2, 0.25) is 0 Å². The normalized spacial score (nSPS) is 45.3. The lowest BCUT2D eigenvalue weighted by Gasteiger charge is -2.47. The second-order valence-corrected chi connectivity index (χ2v) is 6.90. The molecule has 5 heteroatoms. The van der Waals surface area contributed by atoms with E-state index in [-0.39, 0.29) is 28.1 Å². The van der Waals surface area contributed by atoms with Gasteiger partial charge in [-0.2, -0.15) is 0 Å². The van der Waals surface area contributed by atoms with Crippen LogP contribution in [0.4, 0.5) is 0 Å². The zero-order valence-corrected chi connectivity index (χ0v) is 10.4. The van der Waals surface area contributed by atoms with Gasteiger partial charge in [-0.1, -0.05) is 0 Å². The SMILES string of the molecule is O=c1cc[nH]c2c1[C@H]1CC(Cl)(Cl)[C@]13[C@H](Cl)[C@H]23. The summed E-state index contributed by atoms with van der Waals surface area (Å²) in [6.07, 6.45) is 2.31. The van der Waals surface area contributed by atoms with Crippen LogP contribution in [0, 0.1) is 5.41 Å². The monoisotopic (exact) mass is 275 g/mol. The second kappa shape index (κ2) is 2.47. The van der Waals surface area contributed by atoms with Gasteiger partial charge in [0.2, 0.25) is 0 Å². The minimum absolute atomic E-state index is 0.0354. The van der Waals surface area contributed by atoms with Gasteiger partial charge in [0, 0.05) is 40.8 Å². The van der Waals surface area contributed by atoms with E-state index < -0.39 is 4.33 Å². The molecule has 3 aliphatic rings. The van der Waals surface area contributed by atoms with Gasteiger partial charge >= 0.3 is 0 Å². The van der Waals surface area contributed by atoms with Crippen LogP contribution in [-0.2, 0) is 0 Å². The predicted octanol–water partition coefficient (Wildman–Crippen LogP) is 2.74. The fourth-order valence-electron chi connectivity index (χ4n) is 3.78. The van der Waals surface area contributed by atoms with E-state index in [0.717, 1.165) is 11.3 Å². The number of nitrogens with one attached hydrogen (secondary N) is 1. The lowest BCUT2D eigenvalue weighted by atomic mass is 9.68. The molecule has 1 heterocycles. The lowest BCUT2D eigenvalue weighted by Crippen LogP contribution is -2.48. The first-order valence-corrected chi connectivity index (χ1v) is 6.44. The molecule has 0 amide bonds. The van der Waals surface area contributed by atoms with Gasteiger partial charge in [-0.15, -0.1) is 34.8 Å². The lowest BCUT2D eigenvalue weighted by molar-refractivity contribution is 0.211. The van der Waals surface area contributed by atoms with E-state index in [1.165, 1.54) is 0 Å². The molecular weight excluding hydrogens is 268 g/mol. The van der Waals surface area contributed by atoms with Crippen molar-refractivity contribution in [2.24, 2.45) is 5.41 Å². The summed E-state index contributed by atoms with van der Waals surface area (Å²) < 4.78 is -0.770. The summed E-state index contributed by atoms with van der Waals surface area (Å²) in [6, 6.07) is 1.56. The van der Waals surface area contributed by atoms with Crippen LogP contribution in [0.1, 0.15) is 29.5 Å². The molecule has 0 aromatic carbocycles. The third kappa shape index (κ3) is 0.729. The van der Waals surface area contributed by atoms with Crippen molar-refractivity contribution in [3.63, 3.8) is 0 Å². The Morgan fingerprint density at radius 1 is 1.44 bits per heavy atom. The number of halogens is 3. The highest BCUT2D eigenvalue weighted by Gasteiger charge is 2.87. The Bertz CT molecular complexity index is 567. The molecule has 3 aliphatic carbocycles. The molecule has 84 valence electrons. The second-order valence-electron chi connectivity index (χ2n) is 4.94. The molecule has 2 nitrogen and oxygen atoms in total. The van der Waals surface area contributed by atoms with E-state index >= 15 is 0 Å². The first-order valence-electron chi connectivity index (χ1n) is 5.25. The average Bonchev–Trinajstić information content (AvgIpc) is 2.75. The smallest absolute Gasteiger partial charge is 0.185 e. The topological polar surface area (TPSA) is 32.9 Å². The fraction of sp³-hybridized carbons (Fsp3) is 0.545. The first-order chi connectivity index (χ1) is 7.52. The van der Waals surface area contributed by atoms with Gasteiger partial charge in [0.25, 0.3) is 0 Å². The molecule has 1 aromatic rings. The fourth-order valence-corrected chi connectivity index (χ4v) is 5.67. The van der Waals surface area contributed by atoms with Crippen molar-refractivity contribution in [2.75, 3.05) is 0 Å². The minimum Gasteiger partial charge on any atom is -0.364 e. The van der Waals surface area contributed by atoms with Gasteiger partial charge in [-0.25, -0.2) is 0 Å². The van der Waals surface area contributed by atoms with Crippen LogP contribution in [0.25, 0.3) is 0 Å². The summed E-state index contributed by atoms with van der Waals surface area (Å²) in [5.74, 6) is 0.279. The maximum absolute atomic E-state index is 11.8. The van der Waals surface area contributed by atoms with Crippen molar-refractivity contribution in [1.29, 1.82) is 0 Å². The van der Waals surface area contributed by atoms with E-state index in [0.29, 0.717) is 6.42 Å². The van der Waals surface area contributed by atoms with Gasteiger partial charge in [0.1, 0.15) is 4.33 Å². The molecule has 1 spiro atoms. The standard InChI is InChI=1S/C11H8Cl3NO/c12-9-7-8-6(5(16)1-2-15-8)4-3-10(13,14)11(4,7)9/h1-2,4,7,9H,3H2,(H,15,16)/t4-,7+,9-,11-/m1/s1. The zero-order chi connectivity index (χ0) is 11.3. The number of hydrogen-bond donors (Lipinski definition) is 1. The van der Waals surface area contributed by atoms with Gasteiger partial charge in [0.15, 0.2) is 5.43 Å². The molecular formula is C11H8Cl3NO. The molecule has 4 atom stereocenters. The van der Waals surface area contributed by atoms with Gasteiger partial charge in [-0.05, 0) is 6.42 Å². The van der Waals surface area contributed by atoms with Crippen LogP contribution < -0.4 is 5.43 Å². The molecule has 0 radical (unpaired) electrons. The molecule has 2 fully saturated rings. The Morgan fingerprint density at radius 3 is 2.88 bits per heavy atom. The van der Waals surface area contributed by atoms with Gasteiger partial charge < -0.3 is 4.98 Å². The van der Waals surface area contributed by atoms with Crippen LogP contribution >= 0.6 is 34.8 Å². The van der Waals surface area contributed by atoms with Crippen LogP contribution in [0.15, 0.2) is 17.1 Å². The number of H-pyrrole nitrogens is 1. The van der Waals surface area contributed by atoms with Crippen molar-refractivity contribution in [3.05, 3.63) is 33.7 Å². The third-order valence-corrected chi connectivity index (χ3v) is 6.09. The highest BCUT2D eigenvalue weighted by atomic mass is 35.5. The van der Waals surface area contributed by atoms with Crippen molar-refractivity contribution < 1.29 is 0 Å². The van der Waals surface area contributed by atoms with E-state index in [9.17, 15) is 4.79 Å². The summed E-state index contributed by atoms with van der Waals surface area (Å²) >= 11 is 18.9. The van der Waals surface area contributed by atoms with Crippen molar-refractivity contribution in [2.45, 2.75) is 28.0 Å². The van der Waals surface area contributed by atoms with Crippen LogP contribution in [0.3, 0.4) is 0 Å². The quantitative estimate of drug-likeness (QED) is 0.726. The Kier molecular flexibility index (Phi) is 1.52. The van der Waals surface area contributed by atoms with E-state index in [4.69, 9.17) is 34.8 Å². The maximum Gasteiger partial charge on any atom is 0.185 e. The number of alkyl halides is 3. The highest BCUT2D eigenvalue weighted by Crippen LogP contribution is 2.87. The first kappa shape index (κ1) is 9.81. The molecule has 4 rings (SSSR count). The zero-order valence-electron chi connectivity index (χ0n) is 8.14. The molecule has 2 saturated carbocycles. The molecule has 1 aromatic heterocycles. The predicted molar refractivity (Wildman–Crippen MR) is 63.7 cm³/mol. The van der Waals surface area contributed by atoms with Gasteiger partial charge in [-0.3, -0.25) is 4.79 Å².